The number of amides is 1. The van der Waals surface area contributed by atoms with Gasteiger partial charge in [0.15, 0.2) is 0 Å². The first-order valence-electron chi connectivity index (χ1n) is 8.67. The number of benzene rings is 1. The molecule has 1 heterocycles. The molecule has 3 rings (SSSR count). The normalized spacial score (nSPS) is 19.3. The van der Waals surface area contributed by atoms with Crippen molar-refractivity contribution in [3.8, 4) is 0 Å². The molecule has 8 heteroatoms. The van der Waals surface area contributed by atoms with Gasteiger partial charge in [-0.15, -0.1) is 0 Å². The van der Waals surface area contributed by atoms with E-state index in [1.165, 1.54) is 10.9 Å². The minimum Gasteiger partial charge on any atom is -0.480 e. The summed E-state index contributed by atoms with van der Waals surface area (Å²) in [4.78, 5) is 41.6. The van der Waals surface area contributed by atoms with Crippen molar-refractivity contribution < 1.29 is 14.7 Å². The number of nitrogens with zero attached hydrogens (tertiary/aromatic N) is 3. The summed E-state index contributed by atoms with van der Waals surface area (Å²) in [5.41, 5.74) is 0.366. The van der Waals surface area contributed by atoms with E-state index in [1.807, 2.05) is 17.9 Å². The quantitative estimate of drug-likeness (QED) is 0.745. The Morgan fingerprint density at radius 1 is 1.35 bits per heavy atom. The van der Waals surface area contributed by atoms with Crippen LogP contribution in [0.15, 0.2) is 35.4 Å². The number of carboxylic acid groups (broad SMARTS) is 1. The number of nitrogens with one attached hydrogen (secondary N) is 1. The van der Waals surface area contributed by atoms with Crippen molar-refractivity contribution in [3.05, 3.63) is 40.9 Å². The van der Waals surface area contributed by atoms with E-state index in [0.717, 1.165) is 12.8 Å². The number of fused-ring (bicyclic) bond motifs is 1. The molecule has 0 atom stereocenters. The van der Waals surface area contributed by atoms with Gasteiger partial charge in [0.05, 0.1) is 23.8 Å². The first-order valence-corrected chi connectivity index (χ1v) is 8.67. The highest BCUT2D eigenvalue weighted by molar-refractivity contribution is 5.79. The molecule has 0 saturated heterocycles. The van der Waals surface area contributed by atoms with Crippen molar-refractivity contribution in [2.45, 2.75) is 38.4 Å². The lowest BCUT2D eigenvalue weighted by atomic mass is 9.85. The van der Waals surface area contributed by atoms with E-state index in [2.05, 4.69) is 10.3 Å². The van der Waals surface area contributed by atoms with Crippen LogP contribution in [0.1, 0.15) is 19.8 Å². The zero-order valence-corrected chi connectivity index (χ0v) is 14.6. The summed E-state index contributed by atoms with van der Waals surface area (Å²) < 4.78 is 1.30. The van der Waals surface area contributed by atoms with Crippen LogP contribution >= 0.6 is 0 Å². The van der Waals surface area contributed by atoms with Crippen molar-refractivity contribution >= 4 is 22.8 Å². The number of carbonyl (C=O) groups excluding carboxylic acids is 1. The smallest absolute Gasteiger partial charge is 0.317 e. The second-order valence-corrected chi connectivity index (χ2v) is 6.54. The fourth-order valence-corrected chi connectivity index (χ4v) is 3.32. The number of carbonyl (C=O) groups is 2. The zero-order valence-electron chi connectivity index (χ0n) is 14.6. The second-order valence-electron chi connectivity index (χ2n) is 6.54. The van der Waals surface area contributed by atoms with E-state index >= 15 is 0 Å². The first-order chi connectivity index (χ1) is 12.5. The Labute approximate surface area is 150 Å². The largest absolute Gasteiger partial charge is 0.480 e. The fourth-order valence-electron chi connectivity index (χ4n) is 3.32. The van der Waals surface area contributed by atoms with Gasteiger partial charge in [-0.05, 0) is 31.5 Å². The van der Waals surface area contributed by atoms with Gasteiger partial charge in [-0.2, -0.15) is 0 Å². The predicted octanol–water partition coefficient (Wildman–Crippen LogP) is 0.450. The third-order valence-corrected chi connectivity index (χ3v) is 4.78. The van der Waals surface area contributed by atoms with Crippen LogP contribution in [-0.2, 0) is 16.1 Å². The van der Waals surface area contributed by atoms with Crippen molar-refractivity contribution in [2.75, 3.05) is 13.1 Å². The number of para-hydroxylation sites is 1. The highest BCUT2D eigenvalue weighted by Gasteiger charge is 2.34. The molecule has 2 N–H and O–H groups in total. The molecule has 0 bridgehead atoms. The molecule has 1 aromatic carbocycles. The van der Waals surface area contributed by atoms with Gasteiger partial charge < -0.3 is 10.4 Å². The molecule has 0 aliphatic heterocycles. The summed E-state index contributed by atoms with van der Waals surface area (Å²) in [5.74, 6) is -1.09. The number of hydrogen-bond donors (Lipinski definition) is 2. The Morgan fingerprint density at radius 3 is 2.77 bits per heavy atom. The Kier molecular flexibility index (Phi) is 5.32. The molecule has 1 aliphatic carbocycles. The van der Waals surface area contributed by atoms with Crippen LogP contribution in [0.5, 0.6) is 0 Å². The first kappa shape index (κ1) is 18.1. The molecule has 8 nitrogen and oxygen atoms in total. The second kappa shape index (κ2) is 7.65. The van der Waals surface area contributed by atoms with E-state index in [4.69, 9.17) is 5.11 Å². The molecule has 1 saturated carbocycles. The Balaban J connectivity index is 1.55. The molecule has 0 spiro atoms. The van der Waals surface area contributed by atoms with Gasteiger partial charge in [0.2, 0.25) is 5.91 Å². The van der Waals surface area contributed by atoms with E-state index in [9.17, 15) is 14.4 Å². The van der Waals surface area contributed by atoms with Crippen molar-refractivity contribution in [1.82, 2.24) is 19.8 Å². The Morgan fingerprint density at radius 2 is 2.08 bits per heavy atom. The van der Waals surface area contributed by atoms with Gasteiger partial charge >= 0.3 is 5.97 Å². The van der Waals surface area contributed by atoms with E-state index in [0.29, 0.717) is 17.4 Å². The monoisotopic (exact) mass is 358 g/mol. The van der Waals surface area contributed by atoms with Gasteiger partial charge in [-0.3, -0.25) is 23.9 Å². The van der Waals surface area contributed by atoms with Crippen LogP contribution in [0.25, 0.3) is 10.9 Å². The number of hydrogen-bond acceptors (Lipinski definition) is 5. The summed E-state index contributed by atoms with van der Waals surface area (Å²) in [6.07, 6.45) is 2.83. The fraction of sp³-hybridized carbons (Fsp3) is 0.444. The maximum absolute atomic E-state index is 12.4. The van der Waals surface area contributed by atoms with Crippen LogP contribution in [0.2, 0.25) is 0 Å². The van der Waals surface area contributed by atoms with Gasteiger partial charge in [-0.25, -0.2) is 4.98 Å². The molecule has 138 valence electrons. The van der Waals surface area contributed by atoms with Gasteiger partial charge in [-0.1, -0.05) is 19.1 Å². The lowest BCUT2D eigenvalue weighted by Crippen LogP contribution is -2.55. The minimum absolute atomic E-state index is 0.0134. The van der Waals surface area contributed by atoms with Crippen LogP contribution < -0.4 is 10.9 Å². The highest BCUT2D eigenvalue weighted by Crippen LogP contribution is 2.25. The molecule has 1 amide bonds. The zero-order chi connectivity index (χ0) is 18.7. The molecule has 1 aromatic heterocycles. The van der Waals surface area contributed by atoms with Crippen molar-refractivity contribution in [1.29, 1.82) is 0 Å². The lowest BCUT2D eigenvalue weighted by molar-refractivity contribution is -0.139. The van der Waals surface area contributed by atoms with E-state index in [1.54, 1.807) is 18.2 Å². The maximum atomic E-state index is 12.4. The van der Waals surface area contributed by atoms with Crippen LogP contribution in [-0.4, -0.2) is 56.6 Å². The third kappa shape index (κ3) is 3.91. The Hall–Kier alpha value is -2.74. The SMILES string of the molecule is CCN(CC(=O)O)C1CC(NC(=O)Cn2cnc3ccccc3c2=O)C1. The van der Waals surface area contributed by atoms with Crippen molar-refractivity contribution in [3.63, 3.8) is 0 Å². The molecule has 2 aromatic rings. The number of rotatable bonds is 7. The average Bonchev–Trinajstić information content (AvgIpc) is 2.58. The summed E-state index contributed by atoms with van der Waals surface area (Å²) >= 11 is 0. The van der Waals surface area contributed by atoms with E-state index < -0.39 is 5.97 Å². The van der Waals surface area contributed by atoms with E-state index in [-0.39, 0.29) is 36.6 Å². The summed E-state index contributed by atoms with van der Waals surface area (Å²) in [6, 6.07) is 7.21. The lowest BCUT2D eigenvalue weighted by Gasteiger charge is -2.42. The predicted molar refractivity (Wildman–Crippen MR) is 95.8 cm³/mol. The summed E-state index contributed by atoms with van der Waals surface area (Å²) in [5, 5.41) is 12.3. The average molecular weight is 358 g/mol. The number of likely N-dealkylation sites (N-methyl/N-ethyl adjacent to an activating group) is 1. The molecular formula is C18H22N4O4. The van der Waals surface area contributed by atoms with Gasteiger partial charge in [0.1, 0.15) is 6.54 Å². The van der Waals surface area contributed by atoms with Crippen LogP contribution in [0.4, 0.5) is 0 Å². The molecule has 1 fully saturated rings. The Bertz CT molecular complexity index is 873. The van der Waals surface area contributed by atoms with Crippen molar-refractivity contribution in [2.24, 2.45) is 0 Å². The highest BCUT2D eigenvalue weighted by atomic mass is 16.4. The number of aliphatic carboxylic acids is 1. The molecule has 0 unspecified atom stereocenters. The summed E-state index contributed by atoms with van der Waals surface area (Å²) in [7, 11) is 0. The maximum Gasteiger partial charge on any atom is 0.317 e. The van der Waals surface area contributed by atoms with Crippen LogP contribution in [0.3, 0.4) is 0 Å². The molecule has 0 radical (unpaired) electrons. The molecular weight excluding hydrogens is 336 g/mol. The third-order valence-electron chi connectivity index (χ3n) is 4.78. The summed E-state index contributed by atoms with van der Waals surface area (Å²) in [6.45, 7) is 2.52. The molecule has 26 heavy (non-hydrogen) atoms. The number of aromatic nitrogens is 2. The minimum atomic E-state index is -0.845. The van der Waals surface area contributed by atoms with Gasteiger partial charge in [0.25, 0.3) is 5.56 Å². The van der Waals surface area contributed by atoms with Gasteiger partial charge in [0, 0.05) is 12.1 Å². The van der Waals surface area contributed by atoms with Crippen LogP contribution in [0, 0.1) is 0 Å². The standard InChI is InChI=1S/C18H22N4O4/c1-2-21(10-17(24)25)13-7-12(8-13)20-16(23)9-22-11-19-15-6-4-3-5-14(15)18(22)26/h3-6,11-13H,2,7-10H2,1H3,(H,20,23)(H,24,25). The molecule has 1 aliphatic rings. The number of carboxylic acids is 1. The topological polar surface area (TPSA) is 105 Å².